The predicted octanol–water partition coefficient (Wildman–Crippen LogP) is 2.04. The Balaban J connectivity index is 2.02. The van der Waals surface area contributed by atoms with Crippen molar-refractivity contribution in [2.75, 3.05) is 0 Å². The van der Waals surface area contributed by atoms with Gasteiger partial charge in [-0.05, 0) is 43.0 Å². The van der Waals surface area contributed by atoms with Gasteiger partial charge in [0.2, 0.25) is 0 Å². The highest BCUT2D eigenvalue weighted by Crippen LogP contribution is 2.43. The third-order valence-corrected chi connectivity index (χ3v) is 4.87. The topological polar surface area (TPSA) is 89.8 Å². The van der Waals surface area contributed by atoms with Gasteiger partial charge in [0.05, 0.1) is 11.1 Å². The van der Waals surface area contributed by atoms with E-state index in [0.29, 0.717) is 10.6 Å². The Morgan fingerprint density at radius 2 is 1.82 bits per heavy atom. The summed E-state index contributed by atoms with van der Waals surface area (Å²) < 4.78 is 0. The van der Waals surface area contributed by atoms with Gasteiger partial charge in [-0.2, -0.15) is 0 Å². The molecule has 0 saturated heterocycles. The SMILES string of the molecule is Cc1cc(Cl)ccc1C1=C(O)C2(CCC(O)(O)CC2)NC1=O. The van der Waals surface area contributed by atoms with Gasteiger partial charge in [-0.25, -0.2) is 0 Å². The fraction of sp³-hybridized carbons (Fsp3) is 0.438. The second-order valence-electron chi connectivity index (χ2n) is 6.20. The summed E-state index contributed by atoms with van der Waals surface area (Å²) in [6.07, 6.45) is 0.774. The van der Waals surface area contributed by atoms with Crippen LogP contribution in [0.4, 0.5) is 0 Å². The lowest BCUT2D eigenvalue weighted by Crippen LogP contribution is -2.51. The lowest BCUT2D eigenvalue weighted by atomic mass is 9.77. The number of halogens is 1. The van der Waals surface area contributed by atoms with Crippen LogP contribution in [0.5, 0.6) is 0 Å². The van der Waals surface area contributed by atoms with Crippen molar-refractivity contribution in [3.8, 4) is 0 Å². The molecule has 6 heteroatoms. The highest BCUT2D eigenvalue weighted by atomic mass is 35.5. The van der Waals surface area contributed by atoms with E-state index in [4.69, 9.17) is 11.6 Å². The van der Waals surface area contributed by atoms with E-state index in [9.17, 15) is 20.1 Å². The summed E-state index contributed by atoms with van der Waals surface area (Å²) in [4.78, 5) is 12.4. The summed E-state index contributed by atoms with van der Waals surface area (Å²) in [7, 11) is 0. The summed E-state index contributed by atoms with van der Waals surface area (Å²) >= 11 is 5.94. The first-order chi connectivity index (χ1) is 10.2. The molecule has 5 nitrogen and oxygen atoms in total. The van der Waals surface area contributed by atoms with Gasteiger partial charge in [0.15, 0.2) is 5.79 Å². The van der Waals surface area contributed by atoms with Crippen LogP contribution in [0.2, 0.25) is 5.02 Å². The fourth-order valence-corrected chi connectivity index (χ4v) is 3.51. The zero-order chi connectivity index (χ0) is 16.1. The van der Waals surface area contributed by atoms with Gasteiger partial charge in [0, 0.05) is 17.9 Å². The molecule has 0 atom stereocenters. The van der Waals surface area contributed by atoms with Crippen LogP contribution in [-0.2, 0) is 4.79 Å². The Morgan fingerprint density at radius 3 is 2.41 bits per heavy atom. The minimum Gasteiger partial charge on any atom is -0.509 e. The Bertz CT molecular complexity index is 671. The normalized spacial score (nSPS) is 23.0. The molecule has 3 rings (SSSR count). The zero-order valence-corrected chi connectivity index (χ0v) is 12.9. The molecule has 1 aromatic carbocycles. The second kappa shape index (κ2) is 4.98. The quantitative estimate of drug-likeness (QED) is 0.595. The second-order valence-corrected chi connectivity index (χ2v) is 6.64. The maximum Gasteiger partial charge on any atom is 0.256 e. The summed E-state index contributed by atoms with van der Waals surface area (Å²) in [5.74, 6) is -2.08. The summed E-state index contributed by atoms with van der Waals surface area (Å²) in [6, 6.07) is 5.13. The predicted molar refractivity (Wildman–Crippen MR) is 82.2 cm³/mol. The van der Waals surface area contributed by atoms with Gasteiger partial charge < -0.3 is 20.6 Å². The van der Waals surface area contributed by atoms with Crippen LogP contribution in [0.15, 0.2) is 24.0 Å². The maximum absolute atomic E-state index is 12.4. The van der Waals surface area contributed by atoms with Gasteiger partial charge in [-0.3, -0.25) is 4.79 Å². The average molecular weight is 324 g/mol. The van der Waals surface area contributed by atoms with E-state index in [1.165, 1.54) is 0 Å². The summed E-state index contributed by atoms with van der Waals surface area (Å²) in [5, 5.41) is 33.4. The number of hydrogen-bond donors (Lipinski definition) is 4. The maximum atomic E-state index is 12.4. The first kappa shape index (κ1) is 15.3. The Hall–Kier alpha value is -1.56. The van der Waals surface area contributed by atoms with Crippen LogP contribution < -0.4 is 5.32 Å². The molecule has 1 aromatic rings. The fourth-order valence-electron chi connectivity index (χ4n) is 3.28. The molecule has 1 amide bonds. The molecule has 22 heavy (non-hydrogen) atoms. The molecule has 4 N–H and O–H groups in total. The molecule has 2 aliphatic rings. The molecular formula is C16H18ClNO4. The molecule has 1 fully saturated rings. The number of aryl methyl sites for hydroxylation is 1. The Labute approximate surface area is 133 Å². The van der Waals surface area contributed by atoms with E-state index in [-0.39, 0.29) is 42.9 Å². The largest absolute Gasteiger partial charge is 0.509 e. The highest BCUT2D eigenvalue weighted by Gasteiger charge is 2.50. The number of carbonyl (C=O) groups is 1. The summed E-state index contributed by atoms with van der Waals surface area (Å²) in [6.45, 7) is 1.83. The van der Waals surface area contributed by atoms with Crippen LogP contribution in [0.25, 0.3) is 5.57 Å². The zero-order valence-electron chi connectivity index (χ0n) is 12.2. The molecule has 118 valence electrons. The van der Waals surface area contributed by atoms with Crippen LogP contribution in [-0.4, -0.2) is 32.6 Å². The van der Waals surface area contributed by atoms with E-state index in [2.05, 4.69) is 5.32 Å². The van der Waals surface area contributed by atoms with E-state index >= 15 is 0 Å². The molecule has 1 aliphatic carbocycles. The molecule has 0 bridgehead atoms. The lowest BCUT2D eigenvalue weighted by Gasteiger charge is -2.39. The van der Waals surface area contributed by atoms with Crippen molar-refractivity contribution in [2.45, 2.75) is 43.9 Å². The number of amides is 1. The van der Waals surface area contributed by atoms with E-state index < -0.39 is 11.3 Å². The van der Waals surface area contributed by atoms with Crippen molar-refractivity contribution >= 4 is 23.1 Å². The molecule has 1 aliphatic heterocycles. The third kappa shape index (κ3) is 2.39. The third-order valence-electron chi connectivity index (χ3n) is 4.63. The number of carbonyl (C=O) groups excluding carboxylic acids is 1. The molecule has 0 unspecified atom stereocenters. The van der Waals surface area contributed by atoms with Crippen molar-refractivity contribution in [1.82, 2.24) is 5.32 Å². The van der Waals surface area contributed by atoms with Crippen LogP contribution in [0.1, 0.15) is 36.8 Å². The van der Waals surface area contributed by atoms with Crippen LogP contribution >= 0.6 is 11.6 Å². The van der Waals surface area contributed by atoms with E-state index in [1.54, 1.807) is 18.2 Å². The molecule has 1 spiro atoms. The number of aliphatic hydroxyl groups is 3. The smallest absolute Gasteiger partial charge is 0.256 e. The van der Waals surface area contributed by atoms with Gasteiger partial charge >= 0.3 is 0 Å². The number of hydrogen-bond acceptors (Lipinski definition) is 4. The standard InChI is InChI=1S/C16H18ClNO4/c1-9-8-10(17)2-3-11(9)12-13(19)15(18-14(12)20)4-6-16(21,22)7-5-15/h2-3,8,19,21-22H,4-7H2,1H3,(H,18,20). The molecular weight excluding hydrogens is 306 g/mol. The Kier molecular flexibility index (Phi) is 3.47. The number of nitrogens with one attached hydrogen (secondary N) is 1. The van der Waals surface area contributed by atoms with Gasteiger partial charge in [0.25, 0.3) is 5.91 Å². The molecule has 0 radical (unpaired) electrons. The summed E-state index contributed by atoms with van der Waals surface area (Å²) in [5.41, 5.74) is 0.794. The van der Waals surface area contributed by atoms with Crippen LogP contribution in [0.3, 0.4) is 0 Å². The van der Waals surface area contributed by atoms with Crippen molar-refractivity contribution in [3.05, 3.63) is 40.1 Å². The first-order valence-corrected chi connectivity index (χ1v) is 7.59. The molecule has 1 saturated carbocycles. The average Bonchev–Trinajstić information content (AvgIpc) is 2.67. The van der Waals surface area contributed by atoms with Gasteiger partial charge in [-0.15, -0.1) is 0 Å². The van der Waals surface area contributed by atoms with Gasteiger partial charge in [0.1, 0.15) is 5.76 Å². The van der Waals surface area contributed by atoms with Gasteiger partial charge in [-0.1, -0.05) is 17.7 Å². The monoisotopic (exact) mass is 323 g/mol. The van der Waals surface area contributed by atoms with E-state index in [1.807, 2.05) is 6.92 Å². The molecule has 0 aromatic heterocycles. The minimum atomic E-state index is -1.73. The Morgan fingerprint density at radius 1 is 1.18 bits per heavy atom. The number of rotatable bonds is 1. The lowest BCUT2D eigenvalue weighted by molar-refractivity contribution is -0.189. The van der Waals surface area contributed by atoms with Crippen LogP contribution in [0, 0.1) is 6.92 Å². The number of aliphatic hydroxyl groups excluding tert-OH is 1. The first-order valence-electron chi connectivity index (χ1n) is 7.22. The molecule has 1 heterocycles. The van der Waals surface area contributed by atoms with E-state index in [0.717, 1.165) is 5.56 Å². The number of benzene rings is 1. The van der Waals surface area contributed by atoms with Crippen molar-refractivity contribution in [3.63, 3.8) is 0 Å². The highest BCUT2D eigenvalue weighted by molar-refractivity contribution is 6.31. The minimum absolute atomic E-state index is 0.0153. The van der Waals surface area contributed by atoms with Crippen molar-refractivity contribution in [2.24, 2.45) is 0 Å². The van der Waals surface area contributed by atoms with Crippen molar-refractivity contribution < 1.29 is 20.1 Å². The van der Waals surface area contributed by atoms with Crippen molar-refractivity contribution in [1.29, 1.82) is 0 Å².